The Morgan fingerprint density at radius 1 is 1.29 bits per heavy atom. The number of likely N-dealkylation sites (N-methyl/N-ethyl adjacent to an activating group) is 1. The quantitative estimate of drug-likeness (QED) is 0.466. The van der Waals surface area contributed by atoms with Gasteiger partial charge in [-0.3, -0.25) is 9.09 Å². The van der Waals surface area contributed by atoms with Gasteiger partial charge >= 0.3 is 7.60 Å². The van der Waals surface area contributed by atoms with Crippen LogP contribution in [0.25, 0.3) is 0 Å². The van der Waals surface area contributed by atoms with Gasteiger partial charge in [-0.2, -0.15) is 0 Å². The Bertz CT molecular complexity index is 412. The van der Waals surface area contributed by atoms with E-state index >= 15 is 0 Å². The van der Waals surface area contributed by atoms with Crippen LogP contribution in [0.1, 0.15) is 0 Å². The van der Waals surface area contributed by atoms with Crippen LogP contribution in [0.15, 0.2) is 24.3 Å². The second-order valence-corrected chi connectivity index (χ2v) is 6.77. The maximum absolute atomic E-state index is 11.9. The third-order valence-electron chi connectivity index (χ3n) is 2.25. The van der Waals surface area contributed by atoms with Gasteiger partial charge < -0.3 is 15.1 Å². The van der Waals surface area contributed by atoms with Crippen LogP contribution in [0.2, 0.25) is 0 Å². The fraction of sp³-hybridized carbons (Fsp3) is 0.455. The van der Waals surface area contributed by atoms with Crippen LogP contribution in [0, 0.1) is 0 Å². The lowest BCUT2D eigenvalue weighted by atomic mass is 10.3. The maximum Gasteiger partial charge on any atom is 0.358 e. The van der Waals surface area contributed by atoms with Crippen molar-refractivity contribution in [2.45, 2.75) is 0 Å². The highest BCUT2D eigenvalue weighted by Gasteiger charge is 2.23. The van der Waals surface area contributed by atoms with E-state index in [4.69, 9.17) is 10.3 Å². The van der Waals surface area contributed by atoms with E-state index in [2.05, 4.69) is 0 Å². The van der Waals surface area contributed by atoms with Gasteiger partial charge in [-0.1, -0.05) is 0 Å². The minimum Gasteiger partial charge on any atom is -0.399 e. The molecule has 0 spiro atoms. The molecule has 0 bridgehead atoms. The molecular weight excluding hydrogens is 239 g/mol. The molecule has 0 fully saturated rings. The lowest BCUT2D eigenvalue weighted by Crippen LogP contribution is -2.37. The molecule has 0 aliphatic carbocycles. The van der Waals surface area contributed by atoms with E-state index in [1.54, 1.807) is 12.1 Å². The lowest BCUT2D eigenvalue weighted by Gasteiger charge is -2.24. The Kier molecular flexibility index (Phi) is 4.33. The molecule has 3 N–H and O–H groups in total. The molecule has 0 aliphatic rings. The van der Waals surface area contributed by atoms with E-state index in [1.165, 1.54) is 12.1 Å². The first-order chi connectivity index (χ1) is 7.71. The molecule has 0 aliphatic heterocycles. The highest BCUT2D eigenvalue weighted by molar-refractivity contribution is 7.61. The van der Waals surface area contributed by atoms with Crippen LogP contribution < -0.4 is 11.0 Å². The number of benzene rings is 1. The Labute approximate surface area is 102 Å². The minimum atomic E-state index is -3.72. The fourth-order valence-electron chi connectivity index (χ4n) is 1.18. The molecule has 96 valence electrons. The van der Waals surface area contributed by atoms with Crippen molar-refractivity contribution < 1.29 is 18.5 Å². The number of nitrogen functional groups attached to an aromatic ring is 1. The van der Waals surface area contributed by atoms with E-state index in [9.17, 15) is 9.46 Å². The summed E-state index contributed by atoms with van der Waals surface area (Å²) in [6.07, 6.45) is 0. The minimum absolute atomic E-state index is 0.238. The molecular formula is C11H20N2O3P+. The number of hydrogen-bond donors (Lipinski definition) is 2. The van der Waals surface area contributed by atoms with Gasteiger partial charge in [-0.15, -0.1) is 0 Å². The summed E-state index contributed by atoms with van der Waals surface area (Å²) in [6, 6.07) is 6.20. The van der Waals surface area contributed by atoms with Crippen LogP contribution >= 0.6 is 7.60 Å². The molecule has 6 heteroatoms. The fourth-order valence-corrected chi connectivity index (χ4v) is 2.18. The molecule has 0 radical (unpaired) electrons. The molecule has 1 aromatic carbocycles. The normalized spacial score (nSPS) is 15.5. The molecule has 17 heavy (non-hydrogen) atoms. The summed E-state index contributed by atoms with van der Waals surface area (Å²) in [6.45, 7) is 0.904. The number of quaternary nitrogens is 1. The van der Waals surface area contributed by atoms with E-state index in [1.807, 2.05) is 21.1 Å². The zero-order chi connectivity index (χ0) is 13.1. The first kappa shape index (κ1) is 14.2. The Balaban J connectivity index is 2.63. The molecule has 1 unspecified atom stereocenters. The molecule has 0 saturated heterocycles. The third-order valence-corrected chi connectivity index (χ3v) is 3.73. The third kappa shape index (κ3) is 4.88. The van der Waals surface area contributed by atoms with Crippen molar-refractivity contribution in [3.63, 3.8) is 0 Å². The highest BCUT2D eigenvalue weighted by atomic mass is 31.2. The smallest absolute Gasteiger partial charge is 0.358 e. The van der Waals surface area contributed by atoms with Gasteiger partial charge in [0, 0.05) is 5.69 Å². The molecule has 0 saturated carbocycles. The zero-order valence-corrected chi connectivity index (χ0v) is 11.4. The van der Waals surface area contributed by atoms with Gasteiger partial charge in [-0.25, -0.2) is 0 Å². The summed E-state index contributed by atoms with van der Waals surface area (Å²) in [5.41, 5.74) is 6.07. The van der Waals surface area contributed by atoms with Gasteiger partial charge in [0.25, 0.3) is 0 Å². The Hall–Kier alpha value is -0.870. The van der Waals surface area contributed by atoms with E-state index in [-0.39, 0.29) is 11.9 Å². The van der Waals surface area contributed by atoms with Crippen molar-refractivity contribution >= 4 is 18.6 Å². The van der Waals surface area contributed by atoms with Crippen LogP contribution in [0.4, 0.5) is 5.69 Å². The molecule has 5 nitrogen and oxygen atoms in total. The van der Waals surface area contributed by atoms with Gasteiger partial charge in [0.2, 0.25) is 0 Å². The summed E-state index contributed by atoms with van der Waals surface area (Å²) < 4.78 is 17.7. The van der Waals surface area contributed by atoms with Gasteiger partial charge in [0.1, 0.15) is 13.2 Å². The second kappa shape index (κ2) is 5.19. The standard InChI is InChI=1S/C11H19N2O3P/c1-13(2,3)8-9-16-17(14,15)11-6-4-10(12)5-7-11/h4-7H,8-9,12H2,1-3H3/p+1. The predicted octanol–water partition coefficient (Wildman–Crippen LogP) is 0.802. The van der Waals surface area contributed by atoms with Gasteiger partial charge in [-0.05, 0) is 24.3 Å². The van der Waals surface area contributed by atoms with E-state index in [0.717, 1.165) is 0 Å². The van der Waals surface area contributed by atoms with Crippen LogP contribution in [-0.2, 0) is 9.09 Å². The molecule has 0 amide bonds. The van der Waals surface area contributed by atoms with Crippen molar-refractivity contribution in [3.05, 3.63) is 24.3 Å². The SMILES string of the molecule is C[N+](C)(C)CCOP(=O)(O)c1ccc(N)cc1. The van der Waals surface area contributed by atoms with E-state index < -0.39 is 7.60 Å². The summed E-state index contributed by atoms with van der Waals surface area (Å²) >= 11 is 0. The van der Waals surface area contributed by atoms with Gasteiger partial charge in [0.05, 0.1) is 26.4 Å². The van der Waals surface area contributed by atoms with Crippen molar-refractivity contribution in [1.82, 2.24) is 0 Å². The Morgan fingerprint density at radius 2 is 1.82 bits per heavy atom. The molecule has 1 aromatic rings. The van der Waals surface area contributed by atoms with Crippen molar-refractivity contribution in [2.75, 3.05) is 40.0 Å². The van der Waals surface area contributed by atoms with Crippen LogP contribution in [-0.4, -0.2) is 43.7 Å². The summed E-state index contributed by atoms with van der Waals surface area (Å²) in [4.78, 5) is 9.76. The van der Waals surface area contributed by atoms with Crippen LogP contribution in [0.5, 0.6) is 0 Å². The largest absolute Gasteiger partial charge is 0.399 e. The number of nitrogens with zero attached hydrogens (tertiary/aromatic N) is 1. The predicted molar refractivity (Wildman–Crippen MR) is 69.2 cm³/mol. The highest BCUT2D eigenvalue weighted by Crippen LogP contribution is 2.40. The lowest BCUT2D eigenvalue weighted by molar-refractivity contribution is -0.870. The number of anilines is 1. The summed E-state index contributed by atoms with van der Waals surface area (Å²) in [5, 5.41) is 0.271. The van der Waals surface area contributed by atoms with Crippen molar-refractivity contribution in [2.24, 2.45) is 0 Å². The van der Waals surface area contributed by atoms with Gasteiger partial charge in [0.15, 0.2) is 0 Å². The number of nitrogens with two attached hydrogens (primary N) is 1. The molecule has 0 heterocycles. The zero-order valence-electron chi connectivity index (χ0n) is 10.5. The summed E-state index contributed by atoms with van der Waals surface area (Å²) in [5.74, 6) is 0. The first-order valence-electron chi connectivity index (χ1n) is 5.35. The molecule has 1 rings (SSSR count). The average molecular weight is 259 g/mol. The van der Waals surface area contributed by atoms with Crippen molar-refractivity contribution in [3.8, 4) is 0 Å². The number of hydrogen-bond acceptors (Lipinski definition) is 3. The Morgan fingerprint density at radius 3 is 2.29 bits per heavy atom. The average Bonchev–Trinajstić information content (AvgIpc) is 2.15. The monoisotopic (exact) mass is 259 g/mol. The molecule has 0 aromatic heterocycles. The second-order valence-electron chi connectivity index (χ2n) is 4.96. The summed E-state index contributed by atoms with van der Waals surface area (Å²) in [7, 11) is 2.27. The maximum atomic E-state index is 11.9. The molecule has 1 atom stereocenters. The van der Waals surface area contributed by atoms with E-state index in [0.29, 0.717) is 16.7 Å². The topological polar surface area (TPSA) is 72.5 Å². The number of rotatable bonds is 5. The first-order valence-corrected chi connectivity index (χ1v) is 6.92. The van der Waals surface area contributed by atoms with Crippen LogP contribution in [0.3, 0.4) is 0 Å². The van der Waals surface area contributed by atoms with Crippen molar-refractivity contribution in [1.29, 1.82) is 0 Å².